The van der Waals surface area contributed by atoms with E-state index in [1.54, 1.807) is 11.0 Å². The fraction of sp³-hybridized carbons (Fsp3) is 0.471. The van der Waals surface area contributed by atoms with Crippen molar-refractivity contribution in [2.75, 3.05) is 30.0 Å². The molecular weight excluding hydrogens is 345 g/mol. The molecule has 1 atom stereocenters. The highest BCUT2D eigenvalue weighted by atomic mass is 19.1. The zero-order valence-electron chi connectivity index (χ0n) is 14.2. The molecule has 2 fully saturated rings. The third-order valence-corrected chi connectivity index (χ3v) is 4.74. The van der Waals surface area contributed by atoms with Crippen molar-refractivity contribution in [1.29, 1.82) is 0 Å². The van der Waals surface area contributed by atoms with Crippen LogP contribution >= 0.6 is 0 Å². The number of hydrogen-bond donors (Lipinski definition) is 1. The van der Waals surface area contributed by atoms with Gasteiger partial charge in [0.2, 0.25) is 5.91 Å². The van der Waals surface area contributed by atoms with Crippen LogP contribution in [0.2, 0.25) is 0 Å². The van der Waals surface area contributed by atoms with Crippen molar-refractivity contribution in [3.05, 3.63) is 23.5 Å². The molecule has 0 spiro atoms. The largest absolute Gasteiger partial charge is 0.453 e. The SMILES string of the molecule is COC(=O)NC[C@H]1CN(c2cc(F)c3c(c2)CC(=O)N3C2CC2)C(=O)O1. The average Bonchev–Trinajstić information content (AvgIpc) is 3.28. The first kappa shape index (κ1) is 16.6. The number of fused-ring (bicyclic) bond motifs is 1. The Kier molecular flexibility index (Phi) is 3.93. The van der Waals surface area contributed by atoms with Crippen LogP contribution in [0.1, 0.15) is 18.4 Å². The molecule has 0 radical (unpaired) electrons. The molecule has 0 bridgehead atoms. The van der Waals surface area contributed by atoms with Gasteiger partial charge in [-0.3, -0.25) is 9.69 Å². The maximum atomic E-state index is 14.7. The topological polar surface area (TPSA) is 88.2 Å². The molecular formula is C17H18FN3O5. The van der Waals surface area contributed by atoms with Crippen LogP contribution in [0.15, 0.2) is 12.1 Å². The maximum absolute atomic E-state index is 14.7. The molecule has 3 aliphatic rings. The van der Waals surface area contributed by atoms with Gasteiger partial charge in [0.25, 0.3) is 0 Å². The number of benzene rings is 1. The monoisotopic (exact) mass is 363 g/mol. The van der Waals surface area contributed by atoms with Gasteiger partial charge in [0, 0.05) is 6.04 Å². The van der Waals surface area contributed by atoms with E-state index in [0.717, 1.165) is 12.8 Å². The van der Waals surface area contributed by atoms with Crippen molar-refractivity contribution in [2.24, 2.45) is 0 Å². The van der Waals surface area contributed by atoms with Gasteiger partial charge in [-0.1, -0.05) is 0 Å². The van der Waals surface area contributed by atoms with E-state index in [4.69, 9.17) is 4.74 Å². The van der Waals surface area contributed by atoms with Crippen molar-refractivity contribution in [2.45, 2.75) is 31.4 Å². The van der Waals surface area contributed by atoms with Gasteiger partial charge in [0.05, 0.1) is 38.0 Å². The van der Waals surface area contributed by atoms with E-state index in [1.165, 1.54) is 18.1 Å². The molecule has 4 rings (SSSR count). The minimum Gasteiger partial charge on any atom is -0.453 e. The van der Waals surface area contributed by atoms with Gasteiger partial charge in [-0.25, -0.2) is 14.0 Å². The molecule has 26 heavy (non-hydrogen) atoms. The lowest BCUT2D eigenvalue weighted by Crippen LogP contribution is -2.34. The summed E-state index contributed by atoms with van der Waals surface area (Å²) in [6, 6.07) is 3.01. The molecule has 0 aromatic heterocycles. The number of halogens is 1. The number of methoxy groups -OCH3 is 1. The lowest BCUT2D eigenvalue weighted by molar-refractivity contribution is -0.117. The summed E-state index contributed by atoms with van der Waals surface area (Å²) >= 11 is 0. The lowest BCUT2D eigenvalue weighted by Gasteiger charge is -2.19. The Bertz CT molecular complexity index is 795. The summed E-state index contributed by atoms with van der Waals surface area (Å²) in [6.45, 7) is 0.262. The number of carbonyl (C=O) groups excluding carboxylic acids is 3. The van der Waals surface area contributed by atoms with Crippen LogP contribution in [0.3, 0.4) is 0 Å². The number of alkyl carbamates (subject to hydrolysis) is 1. The van der Waals surface area contributed by atoms with Gasteiger partial charge < -0.3 is 19.7 Å². The Labute approximate surface area is 148 Å². The summed E-state index contributed by atoms with van der Waals surface area (Å²) in [5, 5.41) is 2.46. The number of carbonyl (C=O) groups is 3. The van der Waals surface area contributed by atoms with Crippen LogP contribution in [-0.2, 0) is 20.7 Å². The highest BCUT2D eigenvalue weighted by molar-refractivity contribution is 6.03. The fourth-order valence-electron chi connectivity index (χ4n) is 3.40. The fourth-order valence-corrected chi connectivity index (χ4v) is 3.40. The zero-order valence-corrected chi connectivity index (χ0v) is 14.2. The van der Waals surface area contributed by atoms with Crippen LogP contribution in [0.4, 0.5) is 25.4 Å². The molecule has 0 unspecified atom stereocenters. The summed E-state index contributed by atoms with van der Waals surface area (Å²) in [5.41, 5.74) is 1.26. The number of anilines is 2. The van der Waals surface area contributed by atoms with Gasteiger partial charge in [0.15, 0.2) is 0 Å². The normalized spacial score (nSPS) is 21.7. The van der Waals surface area contributed by atoms with E-state index in [0.29, 0.717) is 16.9 Å². The second kappa shape index (κ2) is 6.15. The minimum absolute atomic E-state index is 0.0922. The van der Waals surface area contributed by atoms with Crippen molar-refractivity contribution in [3.8, 4) is 0 Å². The van der Waals surface area contributed by atoms with E-state index in [-0.39, 0.29) is 31.5 Å². The Morgan fingerprint density at radius 1 is 1.38 bits per heavy atom. The molecule has 9 heteroatoms. The molecule has 138 valence electrons. The first-order chi connectivity index (χ1) is 12.5. The summed E-state index contributed by atoms with van der Waals surface area (Å²) < 4.78 is 24.4. The van der Waals surface area contributed by atoms with Crippen molar-refractivity contribution < 1.29 is 28.2 Å². The van der Waals surface area contributed by atoms with E-state index in [1.807, 2.05) is 0 Å². The molecule has 2 heterocycles. The predicted molar refractivity (Wildman–Crippen MR) is 88.6 cm³/mol. The maximum Gasteiger partial charge on any atom is 0.414 e. The van der Waals surface area contributed by atoms with Crippen LogP contribution in [0, 0.1) is 5.82 Å². The summed E-state index contributed by atoms with van der Waals surface area (Å²) in [4.78, 5) is 38.3. The lowest BCUT2D eigenvalue weighted by atomic mass is 10.1. The van der Waals surface area contributed by atoms with E-state index >= 15 is 0 Å². The van der Waals surface area contributed by atoms with E-state index in [2.05, 4.69) is 10.1 Å². The third kappa shape index (κ3) is 2.83. The minimum atomic E-state index is -0.623. The number of nitrogens with zero attached hydrogens (tertiary/aromatic N) is 2. The first-order valence-corrected chi connectivity index (χ1v) is 8.42. The van der Waals surface area contributed by atoms with Gasteiger partial charge in [-0.2, -0.15) is 0 Å². The predicted octanol–water partition coefficient (Wildman–Crippen LogP) is 1.56. The molecule has 1 saturated carbocycles. The molecule has 3 amide bonds. The van der Waals surface area contributed by atoms with Gasteiger partial charge >= 0.3 is 12.2 Å². The molecule has 1 aromatic carbocycles. The number of cyclic esters (lactones) is 1. The van der Waals surface area contributed by atoms with Crippen LogP contribution in [-0.4, -0.2) is 50.4 Å². The van der Waals surface area contributed by atoms with Gasteiger partial charge in [-0.05, 0) is 30.5 Å². The summed E-state index contributed by atoms with van der Waals surface area (Å²) in [7, 11) is 1.24. The Balaban J connectivity index is 1.53. The second-order valence-electron chi connectivity index (χ2n) is 6.60. The van der Waals surface area contributed by atoms with Crippen LogP contribution in [0.5, 0.6) is 0 Å². The summed E-state index contributed by atoms with van der Waals surface area (Å²) in [6.07, 6.45) is 0.0975. The Morgan fingerprint density at radius 2 is 2.15 bits per heavy atom. The molecule has 1 aromatic rings. The van der Waals surface area contributed by atoms with Crippen LogP contribution < -0.4 is 15.1 Å². The van der Waals surface area contributed by atoms with E-state index < -0.39 is 24.1 Å². The number of amides is 3. The smallest absolute Gasteiger partial charge is 0.414 e. The molecule has 1 saturated heterocycles. The summed E-state index contributed by atoms with van der Waals surface area (Å²) in [5.74, 6) is -0.623. The number of hydrogen-bond acceptors (Lipinski definition) is 5. The third-order valence-electron chi connectivity index (χ3n) is 4.74. The highest BCUT2D eigenvalue weighted by Gasteiger charge is 2.41. The van der Waals surface area contributed by atoms with Crippen molar-refractivity contribution in [3.63, 3.8) is 0 Å². The molecule has 2 aliphatic heterocycles. The Hall–Kier alpha value is -2.84. The number of nitrogens with one attached hydrogen (secondary N) is 1. The highest BCUT2D eigenvalue weighted by Crippen LogP contribution is 2.42. The number of ether oxygens (including phenoxy) is 2. The van der Waals surface area contributed by atoms with Gasteiger partial charge in [-0.15, -0.1) is 0 Å². The van der Waals surface area contributed by atoms with Gasteiger partial charge in [0.1, 0.15) is 11.9 Å². The Morgan fingerprint density at radius 3 is 2.85 bits per heavy atom. The second-order valence-corrected chi connectivity index (χ2v) is 6.60. The standard InChI is InChI=1S/C17H18FN3O5/c1-25-16(23)19-7-12-8-20(17(24)26-12)11-4-9-5-14(22)21(10-2-3-10)15(9)13(18)6-11/h4,6,10,12H,2-3,5,7-8H2,1H3,(H,19,23)/t12-/m0/s1. The van der Waals surface area contributed by atoms with Crippen molar-refractivity contribution >= 4 is 29.5 Å². The van der Waals surface area contributed by atoms with E-state index in [9.17, 15) is 18.8 Å². The molecule has 8 nitrogen and oxygen atoms in total. The first-order valence-electron chi connectivity index (χ1n) is 8.42. The zero-order chi connectivity index (χ0) is 18.4. The molecule has 1 N–H and O–H groups in total. The molecule has 1 aliphatic carbocycles. The quantitative estimate of drug-likeness (QED) is 0.877. The van der Waals surface area contributed by atoms with Crippen LogP contribution in [0.25, 0.3) is 0 Å². The number of rotatable bonds is 4. The average molecular weight is 363 g/mol. The van der Waals surface area contributed by atoms with Crippen molar-refractivity contribution in [1.82, 2.24) is 5.32 Å².